The SMILES string of the molecule is COc1ccc(-c2n[nH]c3c2[C@@H](c2cccc(F)c2)NC3=O)cc1. The van der Waals surface area contributed by atoms with Crippen LogP contribution >= 0.6 is 0 Å². The molecule has 3 aromatic rings. The minimum atomic E-state index is -0.431. The van der Waals surface area contributed by atoms with Gasteiger partial charge in [-0.25, -0.2) is 4.39 Å². The van der Waals surface area contributed by atoms with Gasteiger partial charge in [-0.05, 0) is 42.0 Å². The Morgan fingerprint density at radius 2 is 1.96 bits per heavy atom. The van der Waals surface area contributed by atoms with Crippen LogP contribution < -0.4 is 10.1 Å². The topological polar surface area (TPSA) is 67.0 Å². The maximum atomic E-state index is 13.6. The lowest BCUT2D eigenvalue weighted by atomic mass is 9.97. The monoisotopic (exact) mass is 323 g/mol. The summed E-state index contributed by atoms with van der Waals surface area (Å²) >= 11 is 0. The van der Waals surface area contributed by atoms with Crippen LogP contribution in [0.15, 0.2) is 48.5 Å². The summed E-state index contributed by atoms with van der Waals surface area (Å²) in [5.41, 5.74) is 3.34. The molecule has 24 heavy (non-hydrogen) atoms. The first-order valence-electron chi connectivity index (χ1n) is 7.46. The van der Waals surface area contributed by atoms with Crippen molar-refractivity contribution in [2.24, 2.45) is 0 Å². The molecule has 0 bridgehead atoms. The molecule has 2 heterocycles. The maximum absolute atomic E-state index is 13.6. The lowest BCUT2D eigenvalue weighted by molar-refractivity contribution is 0.0955. The zero-order chi connectivity index (χ0) is 16.7. The third kappa shape index (κ3) is 2.23. The van der Waals surface area contributed by atoms with Crippen molar-refractivity contribution in [1.82, 2.24) is 15.5 Å². The molecule has 4 rings (SSSR count). The number of hydrogen-bond acceptors (Lipinski definition) is 3. The van der Waals surface area contributed by atoms with Crippen molar-refractivity contribution in [3.63, 3.8) is 0 Å². The molecule has 0 spiro atoms. The summed E-state index contributed by atoms with van der Waals surface area (Å²) in [4.78, 5) is 12.2. The number of benzene rings is 2. The summed E-state index contributed by atoms with van der Waals surface area (Å²) in [6, 6.07) is 13.2. The molecule has 1 aliphatic heterocycles. The second-order valence-electron chi connectivity index (χ2n) is 5.55. The number of H-pyrrole nitrogens is 1. The minimum absolute atomic E-state index is 0.244. The predicted molar refractivity (Wildman–Crippen MR) is 86.3 cm³/mol. The fourth-order valence-corrected chi connectivity index (χ4v) is 2.99. The van der Waals surface area contributed by atoms with Crippen molar-refractivity contribution < 1.29 is 13.9 Å². The van der Waals surface area contributed by atoms with Gasteiger partial charge in [0, 0.05) is 11.1 Å². The number of hydrogen-bond donors (Lipinski definition) is 2. The second kappa shape index (κ2) is 5.49. The van der Waals surface area contributed by atoms with Crippen LogP contribution in [0.2, 0.25) is 0 Å². The number of carbonyl (C=O) groups excluding carboxylic acids is 1. The largest absolute Gasteiger partial charge is 0.497 e. The van der Waals surface area contributed by atoms with E-state index in [0.717, 1.165) is 16.9 Å². The molecule has 0 aliphatic carbocycles. The Morgan fingerprint density at radius 1 is 1.17 bits per heavy atom. The van der Waals surface area contributed by atoms with E-state index in [2.05, 4.69) is 15.5 Å². The summed E-state index contributed by atoms with van der Waals surface area (Å²) in [6.45, 7) is 0. The highest BCUT2D eigenvalue weighted by atomic mass is 19.1. The molecular weight excluding hydrogens is 309 g/mol. The van der Waals surface area contributed by atoms with Crippen molar-refractivity contribution >= 4 is 5.91 Å². The smallest absolute Gasteiger partial charge is 0.270 e. The Balaban J connectivity index is 1.82. The average molecular weight is 323 g/mol. The van der Waals surface area contributed by atoms with Crippen molar-refractivity contribution in [1.29, 1.82) is 0 Å². The van der Waals surface area contributed by atoms with Crippen molar-refractivity contribution in [2.75, 3.05) is 7.11 Å². The van der Waals surface area contributed by atoms with Gasteiger partial charge in [0.1, 0.15) is 17.3 Å². The van der Waals surface area contributed by atoms with Crippen LogP contribution in [0.25, 0.3) is 11.3 Å². The highest BCUT2D eigenvalue weighted by Crippen LogP contribution is 2.37. The zero-order valence-electron chi connectivity index (χ0n) is 12.8. The summed E-state index contributed by atoms with van der Waals surface area (Å²) in [6.07, 6.45) is 0. The van der Waals surface area contributed by atoms with Crippen molar-refractivity contribution in [2.45, 2.75) is 6.04 Å². The second-order valence-corrected chi connectivity index (χ2v) is 5.55. The summed E-state index contributed by atoms with van der Waals surface area (Å²) in [7, 11) is 1.60. The lowest BCUT2D eigenvalue weighted by Crippen LogP contribution is -2.21. The van der Waals surface area contributed by atoms with Gasteiger partial charge in [-0.3, -0.25) is 9.89 Å². The van der Waals surface area contributed by atoms with E-state index in [4.69, 9.17) is 4.74 Å². The number of carbonyl (C=O) groups is 1. The molecular formula is C18H14FN3O2. The van der Waals surface area contributed by atoms with Gasteiger partial charge in [-0.1, -0.05) is 12.1 Å². The molecule has 1 aromatic heterocycles. The van der Waals surface area contributed by atoms with Gasteiger partial charge in [0.25, 0.3) is 5.91 Å². The molecule has 0 radical (unpaired) electrons. The molecule has 0 unspecified atom stereocenters. The van der Waals surface area contributed by atoms with E-state index in [1.807, 2.05) is 24.3 Å². The first kappa shape index (κ1) is 14.4. The Bertz CT molecular complexity index is 918. The van der Waals surface area contributed by atoms with Gasteiger partial charge in [-0.15, -0.1) is 0 Å². The molecule has 2 N–H and O–H groups in total. The Labute approximate surface area is 137 Å². The lowest BCUT2D eigenvalue weighted by Gasteiger charge is -2.13. The third-order valence-corrected chi connectivity index (χ3v) is 4.14. The molecule has 1 amide bonds. The van der Waals surface area contributed by atoms with Gasteiger partial charge in [0.15, 0.2) is 0 Å². The molecule has 2 aromatic carbocycles. The summed E-state index contributed by atoms with van der Waals surface area (Å²) in [5.74, 6) is 0.151. The van der Waals surface area contributed by atoms with Crippen molar-refractivity contribution in [3.05, 3.63) is 71.2 Å². The Kier molecular flexibility index (Phi) is 3.30. The first-order chi connectivity index (χ1) is 11.7. The van der Waals surface area contributed by atoms with Gasteiger partial charge < -0.3 is 10.1 Å². The number of aromatic nitrogens is 2. The number of ether oxygens (including phenoxy) is 1. The quantitative estimate of drug-likeness (QED) is 0.778. The highest BCUT2D eigenvalue weighted by Gasteiger charge is 2.35. The summed E-state index contributed by atoms with van der Waals surface area (Å²) < 4.78 is 18.7. The zero-order valence-corrected chi connectivity index (χ0v) is 12.8. The minimum Gasteiger partial charge on any atom is -0.497 e. The number of amides is 1. The molecule has 0 fully saturated rings. The van der Waals surface area contributed by atoms with E-state index in [1.165, 1.54) is 12.1 Å². The highest BCUT2D eigenvalue weighted by molar-refractivity contribution is 6.00. The van der Waals surface area contributed by atoms with Crippen LogP contribution in [0, 0.1) is 5.82 Å². The van der Waals surface area contributed by atoms with E-state index in [1.54, 1.807) is 19.2 Å². The van der Waals surface area contributed by atoms with E-state index >= 15 is 0 Å². The Morgan fingerprint density at radius 3 is 2.67 bits per heavy atom. The van der Waals surface area contributed by atoms with E-state index < -0.39 is 6.04 Å². The normalized spacial score (nSPS) is 15.9. The van der Waals surface area contributed by atoms with E-state index in [9.17, 15) is 9.18 Å². The first-order valence-corrected chi connectivity index (χ1v) is 7.46. The van der Waals surface area contributed by atoms with Gasteiger partial charge in [0.2, 0.25) is 0 Å². The molecule has 1 aliphatic rings. The third-order valence-electron chi connectivity index (χ3n) is 4.14. The Hall–Kier alpha value is -3.15. The predicted octanol–water partition coefficient (Wildman–Crippen LogP) is 3.06. The fourth-order valence-electron chi connectivity index (χ4n) is 2.99. The van der Waals surface area contributed by atoms with Crippen LogP contribution in [-0.4, -0.2) is 23.2 Å². The number of nitrogens with one attached hydrogen (secondary N) is 2. The number of methoxy groups -OCH3 is 1. The van der Waals surface area contributed by atoms with E-state index in [0.29, 0.717) is 17.0 Å². The van der Waals surface area contributed by atoms with Crippen LogP contribution in [0.4, 0.5) is 4.39 Å². The standard InChI is InChI=1S/C18H14FN3O2/c1-24-13-7-5-10(6-8-13)16-14-15(11-3-2-4-12(19)9-11)20-18(23)17(14)22-21-16/h2-9,15H,1H3,(H,20,23)(H,21,22)/t15-/m1/s1. The van der Waals surface area contributed by atoms with Crippen LogP contribution in [0.5, 0.6) is 5.75 Å². The molecule has 1 atom stereocenters. The molecule has 6 heteroatoms. The number of halogens is 1. The number of nitrogens with zero attached hydrogens (tertiary/aromatic N) is 1. The number of aromatic amines is 1. The molecule has 5 nitrogen and oxygen atoms in total. The average Bonchev–Trinajstić information content (AvgIpc) is 3.17. The molecule has 120 valence electrons. The maximum Gasteiger partial charge on any atom is 0.270 e. The van der Waals surface area contributed by atoms with Crippen LogP contribution in [-0.2, 0) is 0 Å². The fraction of sp³-hybridized carbons (Fsp3) is 0.111. The van der Waals surface area contributed by atoms with Gasteiger partial charge >= 0.3 is 0 Å². The number of fused-ring (bicyclic) bond motifs is 1. The molecule has 0 saturated heterocycles. The number of rotatable bonds is 3. The summed E-state index contributed by atoms with van der Waals surface area (Å²) in [5, 5.41) is 9.96. The van der Waals surface area contributed by atoms with Gasteiger partial charge in [-0.2, -0.15) is 5.10 Å². The van der Waals surface area contributed by atoms with Gasteiger partial charge in [0.05, 0.1) is 18.8 Å². The molecule has 0 saturated carbocycles. The van der Waals surface area contributed by atoms with E-state index in [-0.39, 0.29) is 11.7 Å². The van der Waals surface area contributed by atoms with Crippen molar-refractivity contribution in [3.8, 4) is 17.0 Å². The van der Waals surface area contributed by atoms with Crippen LogP contribution in [0.1, 0.15) is 27.7 Å². The van der Waals surface area contributed by atoms with Crippen LogP contribution in [0.3, 0.4) is 0 Å².